The third kappa shape index (κ3) is 2.64. The van der Waals surface area contributed by atoms with Crippen LogP contribution in [0.25, 0.3) is 10.9 Å². The zero-order valence-electron chi connectivity index (χ0n) is 12.9. The number of ether oxygens (including phenoxy) is 1. The molecule has 0 spiro atoms. The number of nitrogens with zero attached hydrogens (tertiary/aromatic N) is 2. The Balaban J connectivity index is 1.93. The molecule has 0 aliphatic carbocycles. The zero-order valence-corrected chi connectivity index (χ0v) is 12.9. The van der Waals surface area contributed by atoms with E-state index in [0.717, 1.165) is 31.6 Å². The fourth-order valence-corrected chi connectivity index (χ4v) is 2.96. The second-order valence-electron chi connectivity index (χ2n) is 6.01. The minimum absolute atomic E-state index is 0.0544. The molecule has 2 heterocycles. The average Bonchev–Trinajstić information content (AvgIpc) is 2.54. The molecule has 0 amide bonds. The Labute approximate surface area is 129 Å². The predicted molar refractivity (Wildman–Crippen MR) is 85.6 cm³/mol. The van der Waals surface area contributed by atoms with Crippen molar-refractivity contribution in [2.75, 3.05) is 25.1 Å². The van der Waals surface area contributed by atoms with Gasteiger partial charge in [0.1, 0.15) is 0 Å². The molecule has 0 radical (unpaired) electrons. The first-order valence-corrected chi connectivity index (χ1v) is 7.45. The van der Waals surface area contributed by atoms with Crippen LogP contribution < -0.4 is 4.90 Å². The van der Waals surface area contributed by atoms with Crippen LogP contribution in [-0.4, -0.2) is 41.9 Å². The number of carbonyl (C=O) groups is 1. The summed E-state index contributed by atoms with van der Waals surface area (Å²) in [5, 5.41) is 10.0. The Morgan fingerprint density at radius 2 is 2.05 bits per heavy atom. The summed E-state index contributed by atoms with van der Waals surface area (Å²) >= 11 is 0. The van der Waals surface area contributed by atoms with Gasteiger partial charge in [0.15, 0.2) is 0 Å². The second-order valence-corrected chi connectivity index (χ2v) is 6.01. The Hall–Kier alpha value is -2.14. The molecule has 0 saturated carbocycles. The van der Waals surface area contributed by atoms with E-state index in [4.69, 9.17) is 4.74 Å². The van der Waals surface area contributed by atoms with E-state index in [9.17, 15) is 9.90 Å². The molecule has 1 saturated heterocycles. The molecule has 1 aromatic heterocycles. The summed E-state index contributed by atoms with van der Waals surface area (Å²) in [7, 11) is 1.76. The van der Waals surface area contributed by atoms with Gasteiger partial charge in [0.2, 0.25) is 0 Å². The first-order valence-electron chi connectivity index (χ1n) is 7.45. The van der Waals surface area contributed by atoms with Gasteiger partial charge in [-0.25, -0.2) is 4.79 Å². The maximum atomic E-state index is 11.4. The minimum atomic E-state index is -0.921. The zero-order chi connectivity index (χ0) is 15.7. The van der Waals surface area contributed by atoms with E-state index in [1.165, 1.54) is 6.20 Å². The van der Waals surface area contributed by atoms with Crippen molar-refractivity contribution in [3.8, 4) is 0 Å². The fraction of sp³-hybridized carbons (Fsp3) is 0.412. The summed E-state index contributed by atoms with van der Waals surface area (Å²) in [5.74, 6) is -0.921. The topological polar surface area (TPSA) is 62.7 Å². The number of hydrogen-bond donors (Lipinski definition) is 1. The van der Waals surface area contributed by atoms with Crippen LogP contribution in [0.15, 0.2) is 30.5 Å². The van der Waals surface area contributed by atoms with Crippen molar-refractivity contribution in [1.82, 2.24) is 4.98 Å². The molecule has 0 atom stereocenters. The number of aromatic carboxylic acids is 1. The first-order chi connectivity index (χ1) is 10.5. The molecule has 0 bridgehead atoms. The molecular formula is C17H20N2O3. The van der Waals surface area contributed by atoms with Gasteiger partial charge in [0.05, 0.1) is 16.7 Å². The largest absolute Gasteiger partial charge is 0.478 e. The summed E-state index contributed by atoms with van der Waals surface area (Å²) in [6, 6.07) is 7.38. The molecule has 1 aliphatic heterocycles. The lowest BCUT2D eigenvalue weighted by Gasteiger charge is -2.39. The number of carboxylic acid groups (broad SMARTS) is 1. The number of fused-ring (bicyclic) bond motifs is 1. The summed E-state index contributed by atoms with van der Waals surface area (Å²) in [5.41, 5.74) is 2.00. The highest BCUT2D eigenvalue weighted by atomic mass is 16.5. The first kappa shape index (κ1) is 14.8. The van der Waals surface area contributed by atoms with E-state index in [1.807, 2.05) is 18.2 Å². The Morgan fingerprint density at radius 1 is 1.32 bits per heavy atom. The van der Waals surface area contributed by atoms with Gasteiger partial charge in [-0.2, -0.15) is 0 Å². The van der Waals surface area contributed by atoms with Crippen molar-refractivity contribution < 1.29 is 14.6 Å². The maximum absolute atomic E-state index is 11.4. The number of piperidine rings is 1. The normalized spacial score (nSPS) is 17.6. The molecule has 5 heteroatoms. The van der Waals surface area contributed by atoms with Gasteiger partial charge >= 0.3 is 5.97 Å². The summed E-state index contributed by atoms with van der Waals surface area (Å²) in [6.45, 7) is 3.94. The molecule has 0 unspecified atom stereocenters. The standard InChI is InChI=1S/C17H20N2O3/c1-17(22-2)6-9-19(10-7-17)12-3-4-15-14(11-12)13(16(20)21)5-8-18-15/h3-5,8,11H,6-7,9-10H2,1-2H3,(H,20,21). The van der Waals surface area contributed by atoms with Gasteiger partial charge < -0.3 is 14.7 Å². The van der Waals surface area contributed by atoms with Gasteiger partial charge in [0.25, 0.3) is 0 Å². The Morgan fingerprint density at radius 3 is 2.68 bits per heavy atom. The molecule has 1 aliphatic rings. The number of carboxylic acids is 1. The average molecular weight is 300 g/mol. The summed E-state index contributed by atoms with van der Waals surface area (Å²) in [4.78, 5) is 17.9. The number of pyridine rings is 1. The third-order valence-corrected chi connectivity index (χ3v) is 4.63. The van der Waals surface area contributed by atoms with Crippen LogP contribution in [-0.2, 0) is 4.74 Å². The molecule has 5 nitrogen and oxygen atoms in total. The lowest BCUT2D eigenvalue weighted by Crippen LogP contribution is -2.43. The van der Waals surface area contributed by atoms with Gasteiger partial charge in [0, 0.05) is 37.5 Å². The third-order valence-electron chi connectivity index (χ3n) is 4.63. The molecular weight excluding hydrogens is 280 g/mol. The second kappa shape index (κ2) is 5.57. The van der Waals surface area contributed by atoms with E-state index >= 15 is 0 Å². The SMILES string of the molecule is COC1(C)CCN(c2ccc3nccc(C(=O)O)c3c2)CC1. The maximum Gasteiger partial charge on any atom is 0.336 e. The van der Waals surface area contributed by atoms with Crippen molar-refractivity contribution >= 4 is 22.6 Å². The Bertz CT molecular complexity index is 706. The van der Waals surface area contributed by atoms with E-state index in [-0.39, 0.29) is 5.60 Å². The van der Waals surface area contributed by atoms with Crippen LogP contribution in [0.1, 0.15) is 30.1 Å². The molecule has 116 valence electrons. The number of methoxy groups -OCH3 is 1. The number of hydrogen-bond acceptors (Lipinski definition) is 4. The van der Waals surface area contributed by atoms with Crippen LogP contribution in [0.5, 0.6) is 0 Å². The lowest BCUT2D eigenvalue weighted by molar-refractivity contribution is -0.0132. The minimum Gasteiger partial charge on any atom is -0.478 e. The number of anilines is 1. The van der Waals surface area contributed by atoms with Crippen LogP contribution in [0.4, 0.5) is 5.69 Å². The molecule has 22 heavy (non-hydrogen) atoms. The van der Waals surface area contributed by atoms with Crippen molar-refractivity contribution in [2.24, 2.45) is 0 Å². The number of rotatable bonds is 3. The number of aromatic nitrogens is 1. The van der Waals surface area contributed by atoms with E-state index < -0.39 is 5.97 Å². The highest BCUT2D eigenvalue weighted by Crippen LogP contribution is 2.30. The molecule has 2 aromatic rings. The Kier molecular flexibility index (Phi) is 3.74. The van der Waals surface area contributed by atoms with E-state index in [0.29, 0.717) is 16.5 Å². The fourth-order valence-electron chi connectivity index (χ4n) is 2.96. The van der Waals surface area contributed by atoms with Crippen molar-refractivity contribution in [2.45, 2.75) is 25.4 Å². The van der Waals surface area contributed by atoms with Crippen molar-refractivity contribution in [3.63, 3.8) is 0 Å². The molecule has 3 rings (SSSR count). The smallest absolute Gasteiger partial charge is 0.336 e. The summed E-state index contributed by atoms with van der Waals surface area (Å²) < 4.78 is 5.57. The van der Waals surface area contributed by atoms with Crippen LogP contribution >= 0.6 is 0 Å². The van der Waals surface area contributed by atoms with Gasteiger partial charge in [-0.1, -0.05) is 0 Å². The van der Waals surface area contributed by atoms with Crippen LogP contribution in [0, 0.1) is 0 Å². The predicted octanol–water partition coefficient (Wildman–Crippen LogP) is 2.94. The lowest BCUT2D eigenvalue weighted by atomic mass is 9.93. The van der Waals surface area contributed by atoms with Crippen LogP contribution in [0.2, 0.25) is 0 Å². The number of benzene rings is 1. The molecule has 1 aromatic carbocycles. The van der Waals surface area contributed by atoms with Crippen molar-refractivity contribution in [1.29, 1.82) is 0 Å². The van der Waals surface area contributed by atoms with Crippen molar-refractivity contribution in [3.05, 3.63) is 36.0 Å². The monoisotopic (exact) mass is 300 g/mol. The van der Waals surface area contributed by atoms with Gasteiger partial charge in [-0.05, 0) is 44.0 Å². The quantitative estimate of drug-likeness (QED) is 0.944. The highest BCUT2D eigenvalue weighted by Gasteiger charge is 2.29. The van der Waals surface area contributed by atoms with Crippen LogP contribution in [0.3, 0.4) is 0 Å². The van der Waals surface area contributed by atoms with Gasteiger partial charge in [-0.3, -0.25) is 4.98 Å². The highest BCUT2D eigenvalue weighted by molar-refractivity contribution is 6.03. The van der Waals surface area contributed by atoms with E-state index in [2.05, 4.69) is 16.8 Å². The van der Waals surface area contributed by atoms with Gasteiger partial charge in [-0.15, -0.1) is 0 Å². The molecule has 1 fully saturated rings. The summed E-state index contributed by atoms with van der Waals surface area (Å²) in [6.07, 6.45) is 3.46. The van der Waals surface area contributed by atoms with E-state index in [1.54, 1.807) is 13.2 Å². The molecule has 1 N–H and O–H groups in total.